The number of hydrogen-bond donors (Lipinski definition) is 4. The lowest BCUT2D eigenvalue weighted by molar-refractivity contribution is -0.114. The Balaban J connectivity index is 1.67. The number of aromatic amines is 1. The number of thiophene rings is 1. The average Bonchev–Trinajstić information content (AvgIpc) is 3.00. The predicted octanol–water partition coefficient (Wildman–Crippen LogP) is 3.63. The van der Waals surface area contributed by atoms with Crippen molar-refractivity contribution >= 4 is 44.7 Å². The minimum Gasteiger partial charge on any atom is -0.506 e. The van der Waals surface area contributed by atoms with Crippen LogP contribution < -0.4 is 16.2 Å². The fourth-order valence-electron chi connectivity index (χ4n) is 3.73. The number of pyridine rings is 1. The Hall–Kier alpha value is -3.13. The van der Waals surface area contributed by atoms with Crippen molar-refractivity contribution < 1.29 is 14.7 Å². The molecule has 4 rings (SSSR count). The summed E-state index contributed by atoms with van der Waals surface area (Å²) in [5.41, 5.74) is 1.17. The number of benzene rings is 1. The Bertz CT molecular complexity index is 1180. The Labute approximate surface area is 170 Å². The number of carbonyl (C=O) groups excluding carboxylic acids is 2. The summed E-state index contributed by atoms with van der Waals surface area (Å²) < 4.78 is 0. The minimum atomic E-state index is -0.679. The van der Waals surface area contributed by atoms with Crippen molar-refractivity contribution in [2.75, 3.05) is 10.6 Å². The molecule has 0 aliphatic heterocycles. The van der Waals surface area contributed by atoms with Gasteiger partial charge >= 0.3 is 0 Å². The summed E-state index contributed by atoms with van der Waals surface area (Å²) >= 11 is 1.48. The van der Waals surface area contributed by atoms with Gasteiger partial charge in [-0.2, -0.15) is 0 Å². The Morgan fingerprint density at radius 2 is 1.83 bits per heavy atom. The molecule has 1 aliphatic carbocycles. The highest BCUT2D eigenvalue weighted by Gasteiger charge is 2.27. The zero-order chi connectivity index (χ0) is 20.7. The fraction of sp³-hybridized carbons (Fsp3) is 0.286. The molecule has 0 unspecified atom stereocenters. The third-order valence-corrected chi connectivity index (χ3v) is 6.30. The van der Waals surface area contributed by atoms with E-state index in [0.717, 1.165) is 29.7 Å². The number of fused-ring (bicyclic) bond motifs is 3. The second-order valence-electron chi connectivity index (χ2n) is 7.45. The number of anilines is 2. The van der Waals surface area contributed by atoms with Crippen LogP contribution in [-0.2, 0) is 17.6 Å². The average molecular weight is 411 g/mol. The molecule has 1 atom stereocenters. The van der Waals surface area contributed by atoms with Gasteiger partial charge in [-0.1, -0.05) is 6.92 Å². The van der Waals surface area contributed by atoms with Crippen molar-refractivity contribution in [3.05, 3.63) is 50.6 Å². The zero-order valence-electron chi connectivity index (χ0n) is 16.1. The molecule has 4 N–H and O–H groups in total. The summed E-state index contributed by atoms with van der Waals surface area (Å²) in [6.45, 7) is 3.59. The van der Waals surface area contributed by atoms with Gasteiger partial charge in [0.1, 0.15) is 16.1 Å². The van der Waals surface area contributed by atoms with E-state index in [9.17, 15) is 19.5 Å². The number of nitrogens with one attached hydrogen (secondary N) is 3. The summed E-state index contributed by atoms with van der Waals surface area (Å²) in [6, 6.07) is 6.50. The first-order chi connectivity index (χ1) is 13.8. The van der Waals surface area contributed by atoms with E-state index in [1.54, 1.807) is 24.3 Å². The topological polar surface area (TPSA) is 111 Å². The first-order valence-corrected chi connectivity index (χ1v) is 10.2. The van der Waals surface area contributed by atoms with Crippen molar-refractivity contribution in [3.8, 4) is 5.75 Å². The van der Waals surface area contributed by atoms with Crippen LogP contribution in [0.3, 0.4) is 0 Å². The first kappa shape index (κ1) is 19.2. The maximum atomic E-state index is 12.7. The lowest BCUT2D eigenvalue weighted by Crippen LogP contribution is -2.23. The molecule has 0 spiro atoms. The van der Waals surface area contributed by atoms with Crippen LogP contribution in [0.2, 0.25) is 0 Å². The van der Waals surface area contributed by atoms with Crippen LogP contribution in [0.5, 0.6) is 5.75 Å². The molecular formula is C21H21N3O4S. The normalized spacial score (nSPS) is 15.7. The van der Waals surface area contributed by atoms with E-state index in [1.165, 1.54) is 18.3 Å². The minimum absolute atomic E-state index is 0.194. The molecule has 2 aromatic heterocycles. The van der Waals surface area contributed by atoms with Crippen LogP contribution in [0.1, 0.15) is 41.1 Å². The summed E-state index contributed by atoms with van der Waals surface area (Å²) in [6.07, 6.45) is 2.75. The number of carbonyl (C=O) groups is 2. The third-order valence-electron chi connectivity index (χ3n) is 5.13. The largest absolute Gasteiger partial charge is 0.506 e. The smallest absolute Gasteiger partial charge is 0.265 e. The Kier molecular flexibility index (Phi) is 4.87. The molecule has 0 saturated heterocycles. The highest BCUT2D eigenvalue weighted by atomic mass is 32.1. The number of amides is 2. The van der Waals surface area contributed by atoms with Gasteiger partial charge in [0.15, 0.2) is 0 Å². The van der Waals surface area contributed by atoms with Crippen LogP contribution in [0, 0.1) is 5.92 Å². The highest BCUT2D eigenvalue weighted by molar-refractivity contribution is 7.18. The number of H-pyrrole nitrogens is 1. The summed E-state index contributed by atoms with van der Waals surface area (Å²) in [5.74, 6) is -0.571. The van der Waals surface area contributed by atoms with E-state index >= 15 is 0 Å². The van der Waals surface area contributed by atoms with Gasteiger partial charge in [-0.25, -0.2) is 0 Å². The molecule has 0 fully saturated rings. The zero-order valence-corrected chi connectivity index (χ0v) is 16.9. The Morgan fingerprint density at radius 3 is 2.48 bits per heavy atom. The summed E-state index contributed by atoms with van der Waals surface area (Å²) in [4.78, 5) is 40.9. The molecule has 3 aromatic rings. The second-order valence-corrected chi connectivity index (χ2v) is 8.55. The second kappa shape index (κ2) is 7.36. The van der Waals surface area contributed by atoms with Gasteiger partial charge in [-0.15, -0.1) is 11.3 Å². The van der Waals surface area contributed by atoms with Gasteiger partial charge in [0.2, 0.25) is 5.91 Å². The van der Waals surface area contributed by atoms with E-state index in [0.29, 0.717) is 27.5 Å². The van der Waals surface area contributed by atoms with E-state index in [2.05, 4.69) is 22.5 Å². The van der Waals surface area contributed by atoms with Crippen LogP contribution in [-0.4, -0.2) is 21.9 Å². The molecule has 2 amide bonds. The van der Waals surface area contributed by atoms with E-state index < -0.39 is 11.5 Å². The van der Waals surface area contributed by atoms with Gasteiger partial charge < -0.3 is 20.7 Å². The lowest BCUT2D eigenvalue weighted by Gasteiger charge is -2.18. The molecule has 2 heterocycles. The molecular weight excluding hydrogens is 390 g/mol. The molecule has 7 nitrogen and oxygen atoms in total. The van der Waals surface area contributed by atoms with Crippen molar-refractivity contribution in [3.63, 3.8) is 0 Å². The van der Waals surface area contributed by atoms with Crippen molar-refractivity contribution in [2.24, 2.45) is 5.92 Å². The highest BCUT2D eigenvalue weighted by Crippen LogP contribution is 2.41. The summed E-state index contributed by atoms with van der Waals surface area (Å²) in [7, 11) is 0. The molecule has 0 bridgehead atoms. The molecule has 1 aliphatic rings. The van der Waals surface area contributed by atoms with Crippen LogP contribution in [0.4, 0.5) is 11.4 Å². The standard InChI is InChI=1S/C21H21N3O4S/c1-10-3-8-14-15(9-10)29-21-16(14)18(26)17(20(28)24-21)19(27)23-13-6-4-12(5-7-13)22-11(2)25/h4-7,10H,3,8-9H2,1-2H3,(H,22,25)(H,23,27)(H2,24,26,28)/t10-/m1/s1. The van der Waals surface area contributed by atoms with Gasteiger partial charge in [-0.05, 0) is 55.0 Å². The third kappa shape index (κ3) is 3.63. The first-order valence-electron chi connectivity index (χ1n) is 9.42. The van der Waals surface area contributed by atoms with Crippen molar-refractivity contribution in [2.45, 2.75) is 33.1 Å². The molecule has 0 saturated carbocycles. The van der Waals surface area contributed by atoms with E-state index in [1.807, 2.05) is 0 Å². The van der Waals surface area contributed by atoms with E-state index in [4.69, 9.17) is 0 Å². The van der Waals surface area contributed by atoms with Gasteiger partial charge in [0.05, 0.1) is 5.39 Å². The maximum absolute atomic E-state index is 12.7. The molecule has 8 heteroatoms. The monoisotopic (exact) mass is 411 g/mol. The maximum Gasteiger partial charge on any atom is 0.265 e. The molecule has 0 radical (unpaired) electrons. The quantitative estimate of drug-likeness (QED) is 0.527. The SMILES string of the molecule is CC(=O)Nc1ccc(NC(=O)c2c(O)c3c4c(sc3[nH]c2=O)C[C@H](C)CC4)cc1. The van der Waals surface area contributed by atoms with E-state index in [-0.39, 0.29) is 17.2 Å². The number of aromatic nitrogens is 1. The number of aryl methyl sites for hydroxylation is 1. The molecule has 1 aromatic carbocycles. The van der Waals surface area contributed by atoms with Gasteiger partial charge in [-0.3, -0.25) is 14.4 Å². The molecule has 150 valence electrons. The van der Waals surface area contributed by atoms with Crippen LogP contribution >= 0.6 is 11.3 Å². The van der Waals surface area contributed by atoms with Crippen LogP contribution in [0.15, 0.2) is 29.1 Å². The number of hydrogen-bond acceptors (Lipinski definition) is 5. The van der Waals surface area contributed by atoms with Crippen molar-refractivity contribution in [1.82, 2.24) is 4.98 Å². The van der Waals surface area contributed by atoms with Gasteiger partial charge in [0, 0.05) is 23.2 Å². The van der Waals surface area contributed by atoms with Gasteiger partial charge in [0.25, 0.3) is 11.5 Å². The molecule has 29 heavy (non-hydrogen) atoms. The lowest BCUT2D eigenvalue weighted by atomic mass is 9.89. The fourth-order valence-corrected chi connectivity index (χ4v) is 5.14. The Morgan fingerprint density at radius 1 is 1.17 bits per heavy atom. The summed E-state index contributed by atoms with van der Waals surface area (Å²) in [5, 5.41) is 16.7. The number of rotatable bonds is 3. The van der Waals surface area contributed by atoms with Crippen molar-refractivity contribution in [1.29, 1.82) is 0 Å². The number of aromatic hydroxyl groups is 1. The van der Waals surface area contributed by atoms with Crippen LogP contribution in [0.25, 0.3) is 10.2 Å². The predicted molar refractivity (Wildman–Crippen MR) is 114 cm³/mol.